The van der Waals surface area contributed by atoms with Crippen molar-refractivity contribution in [2.45, 2.75) is 167 Å². The van der Waals surface area contributed by atoms with E-state index >= 15 is 0 Å². The molecule has 252 valence electrons. The number of hydrogen-bond donors (Lipinski definition) is 2. The standard InChI is InChI=1S/2C18H30O4/c2*1-2-22-17(21)18-12-9-7-5-3-4-6-8-10-14(16(18)20)15(19)11-13-18/h2*14-15,19H,2-13H2,1H3/t2*14-,15+,18+/m00/s1. The molecule has 0 aromatic carbocycles. The predicted molar refractivity (Wildman–Crippen MR) is 169 cm³/mol. The summed E-state index contributed by atoms with van der Waals surface area (Å²) in [7, 11) is 0. The third-order valence-corrected chi connectivity index (χ3v) is 10.8. The van der Waals surface area contributed by atoms with Gasteiger partial charge in [-0.3, -0.25) is 19.2 Å². The van der Waals surface area contributed by atoms with Gasteiger partial charge < -0.3 is 19.7 Å². The number of ether oxygens (including phenoxy) is 2. The number of esters is 2. The van der Waals surface area contributed by atoms with Gasteiger partial charge in [-0.2, -0.15) is 0 Å². The van der Waals surface area contributed by atoms with Gasteiger partial charge in [0.15, 0.2) is 11.6 Å². The number of Topliss-reactive ketones (excluding diaryl/α,β-unsaturated/α-hetero) is 2. The topological polar surface area (TPSA) is 127 Å². The molecule has 6 atom stereocenters. The molecule has 0 aliphatic heterocycles. The molecule has 4 fully saturated rings. The molecule has 0 saturated heterocycles. The summed E-state index contributed by atoms with van der Waals surface area (Å²) in [4.78, 5) is 51.1. The van der Waals surface area contributed by atoms with E-state index in [0.717, 1.165) is 51.4 Å². The van der Waals surface area contributed by atoms with E-state index in [1.165, 1.54) is 38.5 Å². The van der Waals surface area contributed by atoms with Crippen molar-refractivity contribution >= 4 is 23.5 Å². The van der Waals surface area contributed by atoms with E-state index in [-0.39, 0.29) is 35.3 Å². The molecule has 8 heteroatoms. The first-order valence-corrected chi connectivity index (χ1v) is 18.0. The zero-order chi connectivity index (χ0) is 32.0. The van der Waals surface area contributed by atoms with Gasteiger partial charge >= 0.3 is 11.9 Å². The lowest BCUT2D eigenvalue weighted by atomic mass is 9.63. The molecule has 0 radical (unpaired) electrons. The molecule has 0 spiro atoms. The number of carbonyl (C=O) groups excluding carboxylic acids is 4. The summed E-state index contributed by atoms with van der Waals surface area (Å²) < 4.78 is 10.5. The molecule has 4 saturated carbocycles. The van der Waals surface area contributed by atoms with E-state index in [4.69, 9.17) is 9.47 Å². The van der Waals surface area contributed by atoms with Crippen molar-refractivity contribution in [2.75, 3.05) is 13.2 Å². The van der Waals surface area contributed by atoms with Crippen LogP contribution in [0.2, 0.25) is 0 Å². The molecule has 0 aromatic rings. The Kier molecular flexibility index (Phi) is 15.3. The summed E-state index contributed by atoms with van der Waals surface area (Å²) in [6, 6.07) is 0. The van der Waals surface area contributed by atoms with E-state index in [0.29, 0.717) is 64.6 Å². The van der Waals surface area contributed by atoms with Gasteiger partial charge in [0, 0.05) is 11.8 Å². The van der Waals surface area contributed by atoms with E-state index in [1.807, 2.05) is 0 Å². The Morgan fingerprint density at radius 1 is 0.545 bits per heavy atom. The van der Waals surface area contributed by atoms with Gasteiger partial charge in [-0.15, -0.1) is 0 Å². The number of aliphatic hydroxyl groups excluding tert-OH is 2. The van der Waals surface area contributed by atoms with Crippen LogP contribution < -0.4 is 0 Å². The first-order chi connectivity index (χ1) is 21.2. The number of aliphatic hydroxyl groups is 2. The Balaban J connectivity index is 0.000000240. The number of fused-ring (bicyclic) bond motifs is 4. The first-order valence-electron chi connectivity index (χ1n) is 18.0. The summed E-state index contributed by atoms with van der Waals surface area (Å²) in [5, 5.41) is 20.5. The monoisotopic (exact) mass is 620 g/mol. The van der Waals surface area contributed by atoms with Crippen LogP contribution >= 0.6 is 0 Å². The summed E-state index contributed by atoms with van der Waals surface area (Å²) in [5.74, 6) is -1.56. The number of ketones is 2. The van der Waals surface area contributed by atoms with Crippen LogP contribution in [0.5, 0.6) is 0 Å². The van der Waals surface area contributed by atoms with Gasteiger partial charge in [-0.1, -0.05) is 89.9 Å². The minimum atomic E-state index is -0.987. The Hall–Kier alpha value is -1.80. The van der Waals surface area contributed by atoms with E-state index in [2.05, 4.69) is 0 Å². The van der Waals surface area contributed by atoms with Crippen LogP contribution in [0.15, 0.2) is 0 Å². The molecule has 4 rings (SSSR count). The van der Waals surface area contributed by atoms with E-state index < -0.39 is 23.0 Å². The van der Waals surface area contributed by atoms with Gasteiger partial charge in [-0.05, 0) is 65.2 Å². The molecule has 0 aromatic heterocycles. The second kappa shape index (κ2) is 18.4. The maximum absolute atomic E-state index is 13.0. The quantitative estimate of drug-likeness (QED) is 0.260. The van der Waals surface area contributed by atoms with Crippen LogP contribution in [0.1, 0.15) is 155 Å². The van der Waals surface area contributed by atoms with Crippen molar-refractivity contribution in [3.05, 3.63) is 0 Å². The third kappa shape index (κ3) is 9.14. The molecule has 2 N–H and O–H groups in total. The third-order valence-electron chi connectivity index (χ3n) is 10.8. The average Bonchev–Trinajstić information content (AvgIpc) is 3.00. The van der Waals surface area contributed by atoms with Crippen LogP contribution in [0.4, 0.5) is 0 Å². The van der Waals surface area contributed by atoms with Gasteiger partial charge in [0.2, 0.25) is 0 Å². The highest BCUT2D eigenvalue weighted by Crippen LogP contribution is 2.45. The van der Waals surface area contributed by atoms with E-state index in [1.54, 1.807) is 13.8 Å². The van der Waals surface area contributed by atoms with E-state index in [9.17, 15) is 29.4 Å². The molecule has 0 heterocycles. The van der Waals surface area contributed by atoms with Crippen LogP contribution in [0.25, 0.3) is 0 Å². The highest BCUT2D eigenvalue weighted by Gasteiger charge is 2.54. The molecule has 4 aliphatic rings. The van der Waals surface area contributed by atoms with Crippen molar-refractivity contribution in [2.24, 2.45) is 22.7 Å². The molecule has 44 heavy (non-hydrogen) atoms. The largest absolute Gasteiger partial charge is 0.465 e. The van der Waals surface area contributed by atoms with Gasteiger partial charge in [0.1, 0.15) is 10.8 Å². The molecule has 4 aliphatic carbocycles. The highest BCUT2D eigenvalue weighted by atomic mass is 16.5. The van der Waals surface area contributed by atoms with Crippen molar-refractivity contribution in [3.63, 3.8) is 0 Å². The zero-order valence-electron chi connectivity index (χ0n) is 27.6. The fourth-order valence-electron chi connectivity index (χ4n) is 8.14. The fraction of sp³-hybridized carbons (Fsp3) is 0.889. The second-order valence-electron chi connectivity index (χ2n) is 13.8. The van der Waals surface area contributed by atoms with Crippen LogP contribution in [-0.4, -0.2) is 59.1 Å². The van der Waals surface area contributed by atoms with Crippen LogP contribution in [0, 0.1) is 22.7 Å². The van der Waals surface area contributed by atoms with Crippen molar-refractivity contribution in [1.82, 2.24) is 0 Å². The lowest BCUT2D eigenvalue weighted by Crippen LogP contribution is -2.51. The Morgan fingerprint density at radius 2 is 0.864 bits per heavy atom. The van der Waals surface area contributed by atoms with Gasteiger partial charge in [0.25, 0.3) is 0 Å². The average molecular weight is 621 g/mol. The summed E-state index contributed by atoms with van der Waals surface area (Å²) in [5.41, 5.74) is -1.97. The highest BCUT2D eigenvalue weighted by molar-refractivity contribution is 6.06. The maximum atomic E-state index is 13.0. The molecule has 4 bridgehead atoms. The van der Waals surface area contributed by atoms with Crippen molar-refractivity contribution < 1.29 is 38.9 Å². The summed E-state index contributed by atoms with van der Waals surface area (Å²) in [6.45, 7) is 4.18. The second-order valence-corrected chi connectivity index (χ2v) is 13.8. The summed E-state index contributed by atoms with van der Waals surface area (Å²) in [6.07, 6.45) is 18.7. The molecule has 0 amide bonds. The Bertz CT molecular complexity index is 859. The van der Waals surface area contributed by atoms with Gasteiger partial charge in [-0.25, -0.2) is 0 Å². The predicted octanol–water partition coefficient (Wildman–Crippen LogP) is 6.80. The zero-order valence-corrected chi connectivity index (χ0v) is 27.6. The Labute approximate surface area is 265 Å². The molecular formula is C36H60O8. The van der Waals surface area contributed by atoms with Gasteiger partial charge in [0.05, 0.1) is 25.4 Å². The minimum absolute atomic E-state index is 0.0507. The van der Waals surface area contributed by atoms with Crippen molar-refractivity contribution in [3.8, 4) is 0 Å². The van der Waals surface area contributed by atoms with Crippen LogP contribution in [0.3, 0.4) is 0 Å². The first kappa shape index (κ1) is 36.7. The minimum Gasteiger partial charge on any atom is -0.465 e. The van der Waals surface area contributed by atoms with Crippen molar-refractivity contribution in [1.29, 1.82) is 0 Å². The molecule has 0 unspecified atom stereocenters. The SMILES string of the molecule is CCOC(=O)[C@@]12CCCCCCCCC[C@H](C1=O)[C@H](O)CC2.CCOC(=O)[C@@]12CCCCCCCCC[C@H](C1=O)[C@H](O)CC2. The summed E-state index contributed by atoms with van der Waals surface area (Å²) >= 11 is 0. The number of carbonyl (C=O) groups is 4. The molecular weight excluding hydrogens is 560 g/mol. The maximum Gasteiger partial charge on any atom is 0.319 e. The lowest BCUT2D eigenvalue weighted by Gasteiger charge is -2.40. The lowest BCUT2D eigenvalue weighted by molar-refractivity contribution is -0.170. The normalized spacial score (nSPS) is 34.4. The fourth-order valence-corrected chi connectivity index (χ4v) is 8.14. The molecule has 8 nitrogen and oxygen atoms in total. The smallest absolute Gasteiger partial charge is 0.319 e. The van der Waals surface area contributed by atoms with Crippen LogP contribution in [-0.2, 0) is 28.7 Å². The Morgan fingerprint density at radius 3 is 1.20 bits per heavy atom. The number of hydrogen-bond acceptors (Lipinski definition) is 8. The number of rotatable bonds is 4.